The maximum Gasteiger partial charge on any atom is 0.180 e. The Morgan fingerprint density at radius 3 is 2.81 bits per heavy atom. The standard InChI is InChI=1S/C12H11N3S/c1-7-8-4-2-3-5-9(8)15-11(7)10-6-14-12(13)16-10/h2-6,15H,1H3,(H2,13,14). The first-order chi connectivity index (χ1) is 7.75. The molecule has 0 aliphatic carbocycles. The van der Waals surface area contributed by atoms with Crippen molar-refractivity contribution in [2.45, 2.75) is 6.92 Å². The van der Waals surface area contributed by atoms with E-state index < -0.39 is 0 Å². The van der Waals surface area contributed by atoms with Gasteiger partial charge in [-0.05, 0) is 18.6 Å². The van der Waals surface area contributed by atoms with Crippen molar-refractivity contribution in [2.75, 3.05) is 5.73 Å². The van der Waals surface area contributed by atoms with Gasteiger partial charge in [0.15, 0.2) is 5.13 Å². The lowest BCUT2D eigenvalue weighted by Crippen LogP contribution is -1.77. The van der Waals surface area contributed by atoms with Crippen molar-refractivity contribution in [1.29, 1.82) is 0 Å². The van der Waals surface area contributed by atoms with Gasteiger partial charge in [-0.1, -0.05) is 29.5 Å². The van der Waals surface area contributed by atoms with Crippen LogP contribution in [0.4, 0.5) is 5.13 Å². The quantitative estimate of drug-likeness (QED) is 0.673. The van der Waals surface area contributed by atoms with Crippen LogP contribution in [0.15, 0.2) is 30.5 Å². The molecule has 0 bridgehead atoms. The van der Waals surface area contributed by atoms with E-state index in [0.717, 1.165) is 16.1 Å². The van der Waals surface area contributed by atoms with Crippen molar-refractivity contribution in [2.24, 2.45) is 0 Å². The molecule has 2 aromatic heterocycles. The highest BCUT2D eigenvalue weighted by atomic mass is 32.1. The number of nitrogens with one attached hydrogen (secondary N) is 1. The van der Waals surface area contributed by atoms with Crippen molar-refractivity contribution < 1.29 is 0 Å². The summed E-state index contributed by atoms with van der Waals surface area (Å²) in [4.78, 5) is 8.58. The number of hydrogen-bond acceptors (Lipinski definition) is 3. The third-order valence-electron chi connectivity index (χ3n) is 2.74. The van der Waals surface area contributed by atoms with Crippen LogP contribution >= 0.6 is 11.3 Å². The summed E-state index contributed by atoms with van der Waals surface area (Å²) in [6, 6.07) is 8.28. The molecule has 3 N–H and O–H groups in total. The van der Waals surface area contributed by atoms with Gasteiger partial charge in [0.2, 0.25) is 0 Å². The molecule has 0 aliphatic heterocycles. The van der Waals surface area contributed by atoms with Gasteiger partial charge in [0, 0.05) is 17.1 Å². The number of aromatic amines is 1. The fraction of sp³-hybridized carbons (Fsp3) is 0.0833. The predicted octanol–water partition coefficient (Wildman–Crippen LogP) is 3.18. The zero-order chi connectivity index (χ0) is 11.1. The summed E-state index contributed by atoms with van der Waals surface area (Å²) < 4.78 is 0. The van der Waals surface area contributed by atoms with Gasteiger partial charge in [0.25, 0.3) is 0 Å². The molecule has 2 heterocycles. The van der Waals surface area contributed by atoms with Gasteiger partial charge in [-0.2, -0.15) is 0 Å². The molecule has 16 heavy (non-hydrogen) atoms. The summed E-state index contributed by atoms with van der Waals surface area (Å²) in [7, 11) is 0. The number of benzene rings is 1. The molecule has 0 spiro atoms. The zero-order valence-electron chi connectivity index (χ0n) is 8.82. The van der Waals surface area contributed by atoms with Gasteiger partial charge >= 0.3 is 0 Å². The van der Waals surface area contributed by atoms with E-state index in [9.17, 15) is 0 Å². The Bertz CT molecular complexity index is 651. The average molecular weight is 229 g/mol. The molecule has 0 atom stereocenters. The largest absolute Gasteiger partial charge is 0.375 e. The fourth-order valence-electron chi connectivity index (χ4n) is 1.93. The lowest BCUT2D eigenvalue weighted by molar-refractivity contribution is 1.39. The number of aromatic nitrogens is 2. The average Bonchev–Trinajstić information content (AvgIpc) is 2.84. The predicted molar refractivity (Wildman–Crippen MR) is 68.6 cm³/mol. The number of fused-ring (bicyclic) bond motifs is 1. The number of nitrogens with zero attached hydrogens (tertiary/aromatic N) is 1. The molecule has 3 nitrogen and oxygen atoms in total. The highest BCUT2D eigenvalue weighted by Crippen LogP contribution is 2.33. The van der Waals surface area contributed by atoms with Gasteiger partial charge < -0.3 is 10.7 Å². The van der Waals surface area contributed by atoms with Crippen LogP contribution < -0.4 is 5.73 Å². The second-order valence-electron chi connectivity index (χ2n) is 3.73. The van der Waals surface area contributed by atoms with E-state index in [0.29, 0.717) is 5.13 Å². The van der Waals surface area contributed by atoms with Gasteiger partial charge in [-0.3, -0.25) is 0 Å². The third-order valence-corrected chi connectivity index (χ3v) is 3.58. The Morgan fingerprint density at radius 2 is 2.12 bits per heavy atom. The second-order valence-corrected chi connectivity index (χ2v) is 4.80. The van der Waals surface area contributed by atoms with E-state index >= 15 is 0 Å². The summed E-state index contributed by atoms with van der Waals surface area (Å²) in [5.41, 5.74) is 9.18. The summed E-state index contributed by atoms with van der Waals surface area (Å²) in [5, 5.41) is 1.86. The van der Waals surface area contributed by atoms with Crippen LogP contribution in [0, 0.1) is 6.92 Å². The number of thiazole rings is 1. The van der Waals surface area contributed by atoms with Gasteiger partial charge in [0.05, 0.1) is 10.6 Å². The van der Waals surface area contributed by atoms with Crippen LogP contribution in [0.3, 0.4) is 0 Å². The Hall–Kier alpha value is -1.81. The van der Waals surface area contributed by atoms with E-state index in [2.05, 4.69) is 29.0 Å². The molecular weight excluding hydrogens is 218 g/mol. The molecule has 1 aromatic carbocycles. The van der Waals surface area contributed by atoms with E-state index in [-0.39, 0.29) is 0 Å². The number of nitrogen functional groups attached to an aromatic ring is 1. The molecule has 0 fully saturated rings. The number of H-pyrrole nitrogens is 1. The zero-order valence-corrected chi connectivity index (χ0v) is 9.64. The van der Waals surface area contributed by atoms with Gasteiger partial charge in [-0.25, -0.2) is 4.98 Å². The molecular formula is C12H11N3S. The minimum Gasteiger partial charge on any atom is -0.375 e. The van der Waals surface area contributed by atoms with E-state index in [1.807, 2.05) is 18.3 Å². The monoisotopic (exact) mass is 229 g/mol. The summed E-state index contributed by atoms with van der Waals surface area (Å²) in [6.45, 7) is 2.12. The number of anilines is 1. The molecule has 3 rings (SSSR count). The lowest BCUT2D eigenvalue weighted by atomic mass is 10.1. The van der Waals surface area contributed by atoms with Crippen molar-refractivity contribution >= 4 is 27.4 Å². The van der Waals surface area contributed by atoms with Gasteiger partial charge in [-0.15, -0.1) is 0 Å². The minimum atomic E-state index is 0.605. The van der Waals surface area contributed by atoms with Crippen LogP contribution in [0.1, 0.15) is 5.56 Å². The molecule has 3 aromatic rings. The number of nitrogens with two attached hydrogens (primary N) is 1. The number of hydrogen-bond donors (Lipinski definition) is 2. The van der Waals surface area contributed by atoms with Crippen molar-refractivity contribution in [3.05, 3.63) is 36.0 Å². The topological polar surface area (TPSA) is 54.7 Å². The third kappa shape index (κ3) is 1.31. The maximum atomic E-state index is 5.65. The molecule has 0 saturated carbocycles. The van der Waals surface area contributed by atoms with E-state index in [4.69, 9.17) is 5.73 Å². The molecule has 0 unspecified atom stereocenters. The van der Waals surface area contributed by atoms with E-state index in [1.165, 1.54) is 22.3 Å². The summed E-state index contributed by atoms with van der Waals surface area (Å²) >= 11 is 1.51. The number of aryl methyl sites for hydroxylation is 1. The van der Waals surface area contributed by atoms with Crippen LogP contribution in [-0.4, -0.2) is 9.97 Å². The second kappa shape index (κ2) is 3.35. The van der Waals surface area contributed by atoms with Crippen molar-refractivity contribution in [1.82, 2.24) is 9.97 Å². The van der Waals surface area contributed by atoms with Crippen LogP contribution in [0.5, 0.6) is 0 Å². The Kier molecular flexibility index (Phi) is 1.97. The minimum absolute atomic E-state index is 0.605. The first-order valence-corrected chi connectivity index (χ1v) is 5.86. The number of para-hydroxylation sites is 1. The van der Waals surface area contributed by atoms with E-state index in [1.54, 1.807) is 0 Å². The fourth-order valence-corrected chi connectivity index (χ4v) is 2.67. The SMILES string of the molecule is Cc1c(-c2cnc(N)s2)[nH]c2ccccc12. The normalized spacial score (nSPS) is 11.1. The maximum absolute atomic E-state index is 5.65. The van der Waals surface area contributed by atoms with Crippen molar-refractivity contribution in [3.63, 3.8) is 0 Å². The molecule has 0 saturated heterocycles. The molecule has 0 amide bonds. The summed E-state index contributed by atoms with van der Waals surface area (Å²) in [6.07, 6.45) is 1.82. The lowest BCUT2D eigenvalue weighted by Gasteiger charge is -1.93. The molecule has 0 radical (unpaired) electrons. The molecule has 80 valence electrons. The van der Waals surface area contributed by atoms with Crippen LogP contribution in [0.25, 0.3) is 21.5 Å². The first-order valence-electron chi connectivity index (χ1n) is 5.04. The Balaban J connectivity index is 2.28. The van der Waals surface area contributed by atoms with Crippen LogP contribution in [0.2, 0.25) is 0 Å². The highest BCUT2D eigenvalue weighted by Gasteiger charge is 2.10. The number of rotatable bonds is 1. The summed E-state index contributed by atoms with van der Waals surface area (Å²) in [5.74, 6) is 0. The van der Waals surface area contributed by atoms with Gasteiger partial charge in [0.1, 0.15) is 0 Å². The van der Waals surface area contributed by atoms with Crippen molar-refractivity contribution in [3.8, 4) is 10.6 Å². The smallest absolute Gasteiger partial charge is 0.180 e. The first kappa shape index (κ1) is 9.42. The Morgan fingerprint density at radius 1 is 1.31 bits per heavy atom. The molecule has 0 aliphatic rings. The molecule has 4 heteroatoms. The van der Waals surface area contributed by atoms with Crippen LogP contribution in [-0.2, 0) is 0 Å². The highest BCUT2D eigenvalue weighted by molar-refractivity contribution is 7.18. The Labute approximate surface area is 96.9 Å².